The predicted molar refractivity (Wildman–Crippen MR) is 107 cm³/mol. The molecule has 28 heavy (non-hydrogen) atoms. The van der Waals surface area contributed by atoms with Crippen molar-refractivity contribution in [2.45, 2.75) is 70.3 Å². The fourth-order valence-corrected chi connectivity index (χ4v) is 3.77. The highest BCUT2D eigenvalue weighted by atomic mass is 31.2. The van der Waals surface area contributed by atoms with Crippen LogP contribution >= 0.6 is 7.82 Å². The number of ether oxygens (including phenoxy) is 1. The summed E-state index contributed by atoms with van der Waals surface area (Å²) in [6, 6.07) is 8.40. The Kier molecular flexibility index (Phi) is 8.96. The summed E-state index contributed by atoms with van der Waals surface area (Å²) in [5.41, 5.74) is 1.50. The van der Waals surface area contributed by atoms with Crippen LogP contribution in [-0.4, -0.2) is 34.6 Å². The molecule has 158 valence electrons. The number of phosphoric acid groups is 1. The van der Waals surface area contributed by atoms with E-state index in [0.29, 0.717) is 12.8 Å². The molecule has 0 unspecified atom stereocenters. The van der Waals surface area contributed by atoms with E-state index in [1.807, 2.05) is 0 Å². The first-order valence-corrected chi connectivity index (χ1v) is 11.6. The molecule has 1 amide bonds. The maximum absolute atomic E-state index is 11.4. The molecule has 1 fully saturated rings. The molecule has 1 saturated heterocycles. The van der Waals surface area contributed by atoms with Crippen molar-refractivity contribution in [1.82, 2.24) is 5.32 Å². The smallest absolute Gasteiger partial charge is 0.447 e. The molecule has 1 aromatic carbocycles. The lowest BCUT2D eigenvalue weighted by Gasteiger charge is -2.26. The molecule has 0 aliphatic carbocycles. The monoisotopic (exact) mass is 413 g/mol. The lowest BCUT2D eigenvalue weighted by molar-refractivity contribution is 0.122. The Balaban J connectivity index is 1.80. The van der Waals surface area contributed by atoms with Crippen LogP contribution in [0.3, 0.4) is 0 Å². The number of nitrogens with one attached hydrogen (secondary N) is 1. The third kappa shape index (κ3) is 8.31. The Morgan fingerprint density at radius 2 is 1.68 bits per heavy atom. The fraction of sp³-hybridized carbons (Fsp3) is 0.650. The number of aryl methyl sites for hydroxylation is 2. The molecule has 2 rings (SSSR count). The number of hydrogen-bond donors (Lipinski definition) is 3. The van der Waals surface area contributed by atoms with E-state index in [9.17, 15) is 9.36 Å². The zero-order chi connectivity index (χ0) is 20.5. The van der Waals surface area contributed by atoms with E-state index in [2.05, 4.69) is 41.0 Å². The first-order valence-electron chi connectivity index (χ1n) is 10.0. The van der Waals surface area contributed by atoms with Crippen LogP contribution in [0.4, 0.5) is 4.79 Å². The van der Waals surface area contributed by atoms with E-state index < -0.39 is 19.5 Å². The number of rotatable bonds is 13. The van der Waals surface area contributed by atoms with Crippen LogP contribution in [0.25, 0.3) is 0 Å². The molecule has 0 spiro atoms. The average Bonchev–Trinajstić information content (AvgIpc) is 3.03. The quantitative estimate of drug-likeness (QED) is 0.332. The number of carbonyl (C=O) groups excluding carboxylic acids is 1. The van der Waals surface area contributed by atoms with Crippen molar-refractivity contribution in [3.8, 4) is 0 Å². The van der Waals surface area contributed by atoms with Crippen molar-refractivity contribution in [2.75, 3.05) is 13.2 Å². The van der Waals surface area contributed by atoms with Crippen LogP contribution in [-0.2, 0) is 26.7 Å². The standard InChI is InChI=1S/C20H32NO6P/c1-2-3-4-5-6-7-8-17-9-11-18(12-10-17)13-14-20(15-26-19(22)21-20)16-27-28(23,24)25/h9-12H,2-8,13-16H2,1H3,(H,21,22)(H2,23,24,25)/t20-/m0/s1. The summed E-state index contributed by atoms with van der Waals surface area (Å²) in [7, 11) is -4.61. The number of unbranched alkanes of at least 4 members (excludes halogenated alkanes) is 5. The third-order valence-corrected chi connectivity index (χ3v) is 5.56. The Morgan fingerprint density at radius 3 is 2.25 bits per heavy atom. The van der Waals surface area contributed by atoms with Gasteiger partial charge in [0, 0.05) is 0 Å². The summed E-state index contributed by atoms with van der Waals surface area (Å²) in [6.45, 7) is 1.96. The molecule has 1 aromatic rings. The van der Waals surface area contributed by atoms with Crippen LogP contribution in [0.1, 0.15) is 63.0 Å². The Morgan fingerprint density at radius 1 is 1.07 bits per heavy atom. The lowest BCUT2D eigenvalue weighted by atomic mass is 9.93. The largest absolute Gasteiger partial charge is 0.469 e. The maximum atomic E-state index is 11.4. The highest BCUT2D eigenvalue weighted by Crippen LogP contribution is 2.38. The van der Waals surface area contributed by atoms with Gasteiger partial charge in [-0.1, -0.05) is 63.3 Å². The van der Waals surface area contributed by atoms with Crippen molar-refractivity contribution in [2.24, 2.45) is 0 Å². The van der Waals surface area contributed by atoms with Crippen molar-refractivity contribution >= 4 is 13.9 Å². The highest BCUT2D eigenvalue weighted by molar-refractivity contribution is 7.46. The Labute approximate surface area is 167 Å². The van der Waals surface area contributed by atoms with Crippen molar-refractivity contribution in [3.05, 3.63) is 35.4 Å². The van der Waals surface area contributed by atoms with Gasteiger partial charge in [-0.25, -0.2) is 9.36 Å². The topological polar surface area (TPSA) is 105 Å². The Hall–Kier alpha value is -1.40. The molecular weight excluding hydrogens is 381 g/mol. The summed E-state index contributed by atoms with van der Waals surface area (Å²) < 4.78 is 20.6. The number of hydrogen-bond acceptors (Lipinski definition) is 4. The van der Waals surface area contributed by atoms with Gasteiger partial charge in [-0.15, -0.1) is 0 Å². The number of phosphoric ester groups is 1. The number of amides is 1. The summed E-state index contributed by atoms with van der Waals surface area (Å²) in [5, 5.41) is 2.64. The fourth-order valence-electron chi connectivity index (χ4n) is 3.35. The number of alkyl carbamates (subject to hydrolysis) is 1. The molecule has 1 heterocycles. The third-order valence-electron chi connectivity index (χ3n) is 5.09. The molecule has 1 aliphatic rings. The normalized spacial score (nSPS) is 19.5. The molecule has 0 bridgehead atoms. The van der Waals surface area contributed by atoms with Gasteiger partial charge in [-0.05, 0) is 36.8 Å². The van der Waals surface area contributed by atoms with Crippen molar-refractivity contribution in [1.29, 1.82) is 0 Å². The number of benzene rings is 1. The van der Waals surface area contributed by atoms with E-state index >= 15 is 0 Å². The van der Waals surface area contributed by atoms with Crippen LogP contribution in [0.15, 0.2) is 24.3 Å². The summed E-state index contributed by atoms with van der Waals surface area (Å²) >= 11 is 0. The molecule has 8 heteroatoms. The van der Waals surface area contributed by atoms with Gasteiger partial charge in [0.1, 0.15) is 12.1 Å². The van der Waals surface area contributed by atoms with Gasteiger partial charge >= 0.3 is 13.9 Å². The molecule has 1 atom stereocenters. The Bertz CT molecular complexity index is 659. The van der Waals surface area contributed by atoms with Crippen molar-refractivity contribution < 1.29 is 28.4 Å². The first kappa shape index (κ1) is 22.9. The van der Waals surface area contributed by atoms with Crippen LogP contribution in [0.5, 0.6) is 0 Å². The average molecular weight is 413 g/mol. The van der Waals surface area contributed by atoms with Gasteiger partial charge in [-0.3, -0.25) is 4.52 Å². The summed E-state index contributed by atoms with van der Waals surface area (Å²) in [5.74, 6) is 0. The minimum Gasteiger partial charge on any atom is -0.447 e. The predicted octanol–water partition coefficient (Wildman–Crippen LogP) is 4.11. The van der Waals surface area contributed by atoms with E-state index in [-0.39, 0.29) is 13.2 Å². The molecule has 7 nitrogen and oxygen atoms in total. The molecule has 3 N–H and O–H groups in total. The van der Waals surface area contributed by atoms with E-state index in [0.717, 1.165) is 12.0 Å². The SMILES string of the molecule is CCCCCCCCc1ccc(CC[C@@]2(COP(=O)(O)O)COC(=O)N2)cc1. The van der Waals surface area contributed by atoms with E-state index in [1.165, 1.54) is 44.1 Å². The van der Waals surface area contributed by atoms with Crippen LogP contribution < -0.4 is 5.32 Å². The zero-order valence-corrected chi connectivity index (χ0v) is 17.5. The maximum Gasteiger partial charge on any atom is 0.469 e. The van der Waals surface area contributed by atoms with Crippen LogP contribution in [0, 0.1) is 0 Å². The molecule has 0 saturated carbocycles. The van der Waals surface area contributed by atoms with Gasteiger partial charge in [0.25, 0.3) is 0 Å². The number of carbonyl (C=O) groups is 1. The van der Waals surface area contributed by atoms with Gasteiger partial charge in [0.15, 0.2) is 0 Å². The first-order chi connectivity index (χ1) is 13.3. The second kappa shape index (κ2) is 11.0. The van der Waals surface area contributed by atoms with Gasteiger partial charge in [-0.2, -0.15) is 0 Å². The van der Waals surface area contributed by atoms with Gasteiger partial charge in [0.05, 0.1) is 6.61 Å². The second-order valence-electron chi connectivity index (χ2n) is 7.58. The summed E-state index contributed by atoms with van der Waals surface area (Å²) in [4.78, 5) is 29.3. The number of cyclic esters (lactones) is 1. The van der Waals surface area contributed by atoms with E-state index in [1.54, 1.807) is 0 Å². The van der Waals surface area contributed by atoms with Crippen LogP contribution in [0.2, 0.25) is 0 Å². The summed E-state index contributed by atoms with van der Waals surface area (Å²) in [6.07, 6.45) is 9.28. The second-order valence-corrected chi connectivity index (χ2v) is 8.82. The minimum absolute atomic E-state index is 0.0297. The molecule has 1 aliphatic heterocycles. The van der Waals surface area contributed by atoms with Gasteiger partial charge < -0.3 is 19.8 Å². The molecule has 0 aromatic heterocycles. The minimum atomic E-state index is -4.61. The molecular formula is C20H32NO6P. The molecule has 0 radical (unpaired) electrons. The lowest BCUT2D eigenvalue weighted by Crippen LogP contribution is -2.47. The highest BCUT2D eigenvalue weighted by Gasteiger charge is 2.41. The van der Waals surface area contributed by atoms with Crippen molar-refractivity contribution in [3.63, 3.8) is 0 Å². The van der Waals surface area contributed by atoms with Gasteiger partial charge in [0.2, 0.25) is 0 Å². The van der Waals surface area contributed by atoms with E-state index in [4.69, 9.17) is 14.5 Å². The zero-order valence-electron chi connectivity index (χ0n) is 16.6.